The van der Waals surface area contributed by atoms with E-state index in [0.29, 0.717) is 13.1 Å². The van der Waals surface area contributed by atoms with Crippen molar-refractivity contribution < 1.29 is 13.2 Å². The molecule has 0 aromatic carbocycles. The Labute approximate surface area is 200 Å². The van der Waals surface area contributed by atoms with E-state index in [9.17, 15) is 8.42 Å². The van der Waals surface area contributed by atoms with Crippen LogP contribution in [0.15, 0.2) is 4.99 Å². The first-order valence-corrected chi connectivity index (χ1v) is 12.8. The molecule has 1 aliphatic carbocycles. The van der Waals surface area contributed by atoms with E-state index in [4.69, 9.17) is 9.73 Å². The van der Waals surface area contributed by atoms with Crippen LogP contribution in [0.1, 0.15) is 52.4 Å². The summed E-state index contributed by atoms with van der Waals surface area (Å²) in [4.78, 5) is 7.55. The van der Waals surface area contributed by atoms with E-state index in [0.717, 1.165) is 51.8 Å². The zero-order valence-corrected chi connectivity index (χ0v) is 22.1. The van der Waals surface area contributed by atoms with E-state index in [1.165, 1.54) is 36.4 Å². The van der Waals surface area contributed by atoms with Crippen LogP contribution >= 0.6 is 24.0 Å². The highest BCUT2D eigenvalue weighted by Gasteiger charge is 2.38. The maximum atomic E-state index is 11.8. The van der Waals surface area contributed by atoms with Crippen molar-refractivity contribution in [3.63, 3.8) is 0 Å². The highest BCUT2D eigenvalue weighted by molar-refractivity contribution is 14.0. The summed E-state index contributed by atoms with van der Waals surface area (Å²) >= 11 is 0. The van der Waals surface area contributed by atoms with Crippen LogP contribution in [-0.2, 0) is 14.8 Å². The van der Waals surface area contributed by atoms with E-state index in [1.807, 2.05) is 0 Å². The largest absolute Gasteiger partial charge is 0.379 e. The SMILES string of the molecule is CCNC(=NCC1(N2CCOCC2)CCCCC1)NCCCN(C)S(=O)(=O)CC.I. The monoisotopic (exact) mass is 559 g/mol. The van der Waals surface area contributed by atoms with Gasteiger partial charge in [-0.25, -0.2) is 12.7 Å². The van der Waals surface area contributed by atoms with Crippen molar-refractivity contribution >= 4 is 40.0 Å². The molecule has 0 radical (unpaired) electrons. The van der Waals surface area contributed by atoms with Crippen molar-refractivity contribution in [3.8, 4) is 0 Å². The van der Waals surface area contributed by atoms with E-state index in [2.05, 4.69) is 22.5 Å². The zero-order chi connectivity index (χ0) is 21.2. The standard InChI is InChI=1S/C20H41N5O3S.HI/c1-4-21-19(22-12-9-13-24(3)29(26,27)5-2)23-18-20(10-7-6-8-11-20)25-14-16-28-17-15-25;/h4-18H2,1-3H3,(H2,21,22,23);1H. The average Bonchev–Trinajstić information content (AvgIpc) is 2.76. The van der Waals surface area contributed by atoms with Gasteiger partial charge in [-0.1, -0.05) is 19.3 Å². The number of guanidine groups is 1. The van der Waals surface area contributed by atoms with Gasteiger partial charge in [0.2, 0.25) is 10.0 Å². The van der Waals surface area contributed by atoms with Crippen molar-refractivity contribution in [1.29, 1.82) is 0 Å². The Morgan fingerprint density at radius 1 is 1.13 bits per heavy atom. The first-order valence-electron chi connectivity index (χ1n) is 11.2. The van der Waals surface area contributed by atoms with E-state index >= 15 is 0 Å². The Morgan fingerprint density at radius 2 is 1.80 bits per heavy atom. The number of nitrogens with one attached hydrogen (secondary N) is 2. The summed E-state index contributed by atoms with van der Waals surface area (Å²) in [6.07, 6.45) is 7.02. The normalized spacial score (nSPS) is 20.6. The summed E-state index contributed by atoms with van der Waals surface area (Å²) in [5.41, 5.74) is 0.153. The van der Waals surface area contributed by atoms with Crippen LogP contribution in [0, 0.1) is 0 Å². The molecule has 2 aliphatic rings. The second-order valence-corrected chi connectivity index (χ2v) is 10.4. The van der Waals surface area contributed by atoms with Crippen LogP contribution in [0.5, 0.6) is 0 Å². The Balaban J connectivity index is 0.00000450. The van der Waals surface area contributed by atoms with Gasteiger partial charge in [-0.3, -0.25) is 9.89 Å². The summed E-state index contributed by atoms with van der Waals surface area (Å²) in [6, 6.07) is 0. The molecule has 2 rings (SSSR count). The lowest BCUT2D eigenvalue weighted by atomic mass is 9.80. The molecule has 1 heterocycles. The summed E-state index contributed by atoms with van der Waals surface area (Å²) < 4.78 is 30.7. The first-order chi connectivity index (χ1) is 13.9. The Kier molecular flexibility index (Phi) is 13.1. The summed E-state index contributed by atoms with van der Waals surface area (Å²) in [6.45, 7) is 10.2. The lowest BCUT2D eigenvalue weighted by Crippen LogP contribution is -2.56. The maximum Gasteiger partial charge on any atom is 0.213 e. The number of hydrogen-bond acceptors (Lipinski definition) is 5. The highest BCUT2D eigenvalue weighted by atomic mass is 127. The number of nitrogens with zero attached hydrogens (tertiary/aromatic N) is 3. The van der Waals surface area contributed by atoms with E-state index in [-0.39, 0.29) is 35.3 Å². The van der Waals surface area contributed by atoms with Crippen molar-refractivity contribution in [2.45, 2.75) is 57.9 Å². The van der Waals surface area contributed by atoms with Crippen LogP contribution < -0.4 is 10.6 Å². The van der Waals surface area contributed by atoms with Gasteiger partial charge >= 0.3 is 0 Å². The topological polar surface area (TPSA) is 86.3 Å². The lowest BCUT2D eigenvalue weighted by molar-refractivity contribution is -0.0333. The molecule has 1 saturated heterocycles. The fourth-order valence-corrected chi connectivity index (χ4v) is 5.11. The minimum Gasteiger partial charge on any atom is -0.379 e. The van der Waals surface area contributed by atoms with Gasteiger partial charge in [-0.15, -0.1) is 24.0 Å². The molecule has 0 spiro atoms. The second kappa shape index (κ2) is 14.1. The molecule has 1 aliphatic heterocycles. The molecule has 0 atom stereocenters. The zero-order valence-electron chi connectivity index (χ0n) is 19.0. The number of halogens is 1. The Morgan fingerprint density at radius 3 is 2.40 bits per heavy atom. The Bertz CT molecular complexity index is 606. The third-order valence-corrected chi connectivity index (χ3v) is 7.99. The Hall–Kier alpha value is -0.170. The smallest absolute Gasteiger partial charge is 0.213 e. The molecule has 10 heteroatoms. The molecule has 2 N–H and O–H groups in total. The minimum atomic E-state index is -3.11. The maximum absolute atomic E-state index is 11.8. The van der Waals surface area contributed by atoms with Crippen LogP contribution in [0.2, 0.25) is 0 Å². The molecule has 0 aromatic heterocycles. The molecule has 178 valence electrons. The number of aliphatic imine (C=N–C) groups is 1. The van der Waals surface area contributed by atoms with Gasteiger partial charge < -0.3 is 15.4 Å². The molecule has 8 nitrogen and oxygen atoms in total. The van der Waals surface area contributed by atoms with Gasteiger partial charge in [-0.2, -0.15) is 0 Å². The molecule has 0 bridgehead atoms. The summed E-state index contributed by atoms with van der Waals surface area (Å²) in [7, 11) is -1.46. The molecule has 0 unspecified atom stereocenters. The van der Waals surface area contributed by atoms with E-state index in [1.54, 1.807) is 14.0 Å². The number of ether oxygens (including phenoxy) is 1. The molecular formula is C20H42IN5O3S. The van der Waals surface area contributed by atoms with Gasteiger partial charge in [0.25, 0.3) is 0 Å². The van der Waals surface area contributed by atoms with Crippen molar-refractivity contribution in [2.24, 2.45) is 4.99 Å². The number of hydrogen-bond donors (Lipinski definition) is 2. The first kappa shape index (κ1) is 27.9. The molecule has 0 aromatic rings. The van der Waals surface area contributed by atoms with Gasteiger partial charge in [0.15, 0.2) is 5.96 Å². The van der Waals surface area contributed by atoms with Crippen molar-refractivity contribution in [2.75, 3.05) is 65.3 Å². The van der Waals surface area contributed by atoms with Crippen LogP contribution in [-0.4, -0.2) is 94.4 Å². The predicted octanol–water partition coefficient (Wildman–Crippen LogP) is 1.87. The third-order valence-electron chi connectivity index (χ3n) is 6.12. The van der Waals surface area contributed by atoms with Crippen molar-refractivity contribution in [3.05, 3.63) is 0 Å². The summed E-state index contributed by atoms with van der Waals surface area (Å²) in [5, 5.41) is 6.72. The van der Waals surface area contributed by atoms with Crippen molar-refractivity contribution in [1.82, 2.24) is 19.8 Å². The van der Waals surface area contributed by atoms with E-state index < -0.39 is 10.0 Å². The third kappa shape index (κ3) is 8.40. The van der Waals surface area contributed by atoms with Gasteiger partial charge in [0, 0.05) is 45.3 Å². The quantitative estimate of drug-likeness (QED) is 0.184. The fourth-order valence-electron chi connectivity index (χ4n) is 4.26. The summed E-state index contributed by atoms with van der Waals surface area (Å²) in [5.74, 6) is 0.969. The molecule has 1 saturated carbocycles. The molecule has 2 fully saturated rings. The molecular weight excluding hydrogens is 517 g/mol. The molecule has 0 amide bonds. The van der Waals surface area contributed by atoms with Crippen LogP contribution in [0.25, 0.3) is 0 Å². The second-order valence-electron chi connectivity index (χ2n) is 8.08. The van der Waals surface area contributed by atoms with Gasteiger partial charge in [-0.05, 0) is 33.1 Å². The van der Waals surface area contributed by atoms with Crippen LogP contribution in [0.3, 0.4) is 0 Å². The van der Waals surface area contributed by atoms with Crippen LogP contribution in [0.4, 0.5) is 0 Å². The number of sulfonamides is 1. The minimum absolute atomic E-state index is 0. The average molecular weight is 560 g/mol. The predicted molar refractivity (Wildman–Crippen MR) is 134 cm³/mol. The van der Waals surface area contributed by atoms with Gasteiger partial charge in [0.05, 0.1) is 25.5 Å². The molecule has 30 heavy (non-hydrogen) atoms. The number of morpholine rings is 1. The van der Waals surface area contributed by atoms with Gasteiger partial charge in [0.1, 0.15) is 0 Å². The highest BCUT2D eigenvalue weighted by Crippen LogP contribution is 2.34. The fraction of sp³-hybridized carbons (Fsp3) is 0.950. The lowest BCUT2D eigenvalue weighted by Gasteiger charge is -2.47. The number of rotatable bonds is 10.